The molecule has 2 heterocycles. The lowest BCUT2D eigenvalue weighted by atomic mass is 10.3. The standard InChI is InChI=1S/C10H17N3O3S/c1-3-12-7-10(11-8(12)2)17(15,16)13-5-4-9(14)6-13/h7,9,14H,3-6H2,1-2H3/t9-/m0/s1. The summed E-state index contributed by atoms with van der Waals surface area (Å²) in [7, 11) is -3.54. The van der Waals surface area contributed by atoms with Crippen LogP contribution in [0.1, 0.15) is 19.2 Å². The molecule has 1 N–H and O–H groups in total. The Bertz CT molecular complexity index is 509. The number of sulfonamides is 1. The second-order valence-corrected chi connectivity index (χ2v) is 6.10. The summed E-state index contributed by atoms with van der Waals surface area (Å²) in [5.41, 5.74) is 0. The zero-order chi connectivity index (χ0) is 12.6. The maximum absolute atomic E-state index is 12.2. The Kier molecular flexibility index (Phi) is 3.24. The van der Waals surface area contributed by atoms with E-state index >= 15 is 0 Å². The van der Waals surface area contributed by atoms with Gasteiger partial charge in [0, 0.05) is 25.8 Å². The van der Waals surface area contributed by atoms with Gasteiger partial charge in [-0.1, -0.05) is 0 Å². The van der Waals surface area contributed by atoms with E-state index in [2.05, 4.69) is 4.98 Å². The molecule has 0 spiro atoms. The highest BCUT2D eigenvalue weighted by Gasteiger charge is 2.33. The van der Waals surface area contributed by atoms with Crippen LogP contribution in [0.5, 0.6) is 0 Å². The first-order valence-corrected chi connectivity index (χ1v) is 7.11. The molecule has 0 radical (unpaired) electrons. The van der Waals surface area contributed by atoms with E-state index in [1.54, 1.807) is 17.7 Å². The highest BCUT2D eigenvalue weighted by molar-refractivity contribution is 7.89. The minimum atomic E-state index is -3.54. The fourth-order valence-corrected chi connectivity index (χ4v) is 3.47. The van der Waals surface area contributed by atoms with Crippen molar-refractivity contribution in [1.82, 2.24) is 13.9 Å². The molecule has 1 aliphatic heterocycles. The van der Waals surface area contributed by atoms with Crippen LogP contribution in [0.3, 0.4) is 0 Å². The van der Waals surface area contributed by atoms with Gasteiger partial charge in [0.15, 0.2) is 5.03 Å². The molecule has 0 unspecified atom stereocenters. The Balaban J connectivity index is 2.31. The van der Waals surface area contributed by atoms with E-state index in [1.807, 2.05) is 6.92 Å². The number of hydrogen-bond donors (Lipinski definition) is 1. The molecular weight excluding hydrogens is 242 g/mol. The molecule has 1 fully saturated rings. The van der Waals surface area contributed by atoms with Gasteiger partial charge in [0.25, 0.3) is 10.0 Å². The van der Waals surface area contributed by atoms with Gasteiger partial charge in [0.2, 0.25) is 0 Å². The Morgan fingerprint density at radius 2 is 2.29 bits per heavy atom. The topological polar surface area (TPSA) is 75.4 Å². The number of rotatable bonds is 3. The lowest BCUT2D eigenvalue weighted by Crippen LogP contribution is -2.30. The highest BCUT2D eigenvalue weighted by atomic mass is 32.2. The van der Waals surface area contributed by atoms with Gasteiger partial charge in [-0.25, -0.2) is 13.4 Å². The zero-order valence-electron chi connectivity index (χ0n) is 10.00. The summed E-state index contributed by atoms with van der Waals surface area (Å²) in [6.45, 7) is 4.94. The van der Waals surface area contributed by atoms with Crippen LogP contribution in [0, 0.1) is 6.92 Å². The van der Waals surface area contributed by atoms with E-state index in [-0.39, 0.29) is 11.6 Å². The summed E-state index contributed by atoms with van der Waals surface area (Å²) in [6, 6.07) is 0. The first kappa shape index (κ1) is 12.5. The van der Waals surface area contributed by atoms with Crippen molar-refractivity contribution in [3.05, 3.63) is 12.0 Å². The number of nitrogens with zero attached hydrogens (tertiary/aromatic N) is 3. The van der Waals surface area contributed by atoms with Gasteiger partial charge in [0.05, 0.1) is 6.10 Å². The average Bonchev–Trinajstić information content (AvgIpc) is 2.85. The van der Waals surface area contributed by atoms with Crippen LogP contribution in [0.4, 0.5) is 0 Å². The Morgan fingerprint density at radius 1 is 1.59 bits per heavy atom. The zero-order valence-corrected chi connectivity index (χ0v) is 10.8. The maximum atomic E-state index is 12.2. The van der Waals surface area contributed by atoms with Crippen LogP contribution in [0.25, 0.3) is 0 Å². The fourth-order valence-electron chi connectivity index (χ4n) is 1.98. The van der Waals surface area contributed by atoms with Crippen molar-refractivity contribution in [3.63, 3.8) is 0 Å². The molecule has 1 atom stereocenters. The fraction of sp³-hybridized carbons (Fsp3) is 0.700. The predicted molar refractivity (Wildman–Crippen MR) is 62.0 cm³/mol. The molecule has 0 aromatic carbocycles. The van der Waals surface area contributed by atoms with Gasteiger partial charge in [-0.3, -0.25) is 0 Å². The molecule has 1 saturated heterocycles. The molecule has 17 heavy (non-hydrogen) atoms. The van der Waals surface area contributed by atoms with Crippen molar-refractivity contribution in [2.45, 2.75) is 37.9 Å². The van der Waals surface area contributed by atoms with Crippen molar-refractivity contribution < 1.29 is 13.5 Å². The van der Waals surface area contributed by atoms with Gasteiger partial charge >= 0.3 is 0 Å². The van der Waals surface area contributed by atoms with Gasteiger partial charge in [-0.2, -0.15) is 4.31 Å². The molecule has 1 aromatic heterocycles. The monoisotopic (exact) mass is 259 g/mol. The third kappa shape index (κ3) is 2.22. The summed E-state index contributed by atoms with van der Waals surface area (Å²) in [5, 5.41) is 9.46. The number of aliphatic hydroxyl groups excluding tert-OH is 1. The van der Waals surface area contributed by atoms with Gasteiger partial charge in [0.1, 0.15) is 5.82 Å². The van der Waals surface area contributed by atoms with Crippen LogP contribution in [0.15, 0.2) is 11.2 Å². The van der Waals surface area contributed by atoms with Crippen LogP contribution in [-0.2, 0) is 16.6 Å². The average molecular weight is 259 g/mol. The van der Waals surface area contributed by atoms with E-state index in [9.17, 15) is 13.5 Å². The van der Waals surface area contributed by atoms with Gasteiger partial charge < -0.3 is 9.67 Å². The lowest BCUT2D eigenvalue weighted by Gasteiger charge is -2.13. The predicted octanol–water partition coefficient (Wildman–Crippen LogP) is -0.0333. The molecular formula is C10H17N3O3S. The van der Waals surface area contributed by atoms with Crippen LogP contribution >= 0.6 is 0 Å². The summed E-state index contributed by atoms with van der Waals surface area (Å²) in [6.07, 6.45) is 1.49. The third-order valence-electron chi connectivity index (χ3n) is 3.02. The molecule has 6 nitrogen and oxygen atoms in total. The summed E-state index contributed by atoms with van der Waals surface area (Å²) in [5.74, 6) is 0.686. The Labute approximate surface area is 101 Å². The van der Waals surface area contributed by atoms with Crippen molar-refractivity contribution in [1.29, 1.82) is 0 Å². The molecule has 0 amide bonds. The maximum Gasteiger partial charge on any atom is 0.262 e. The second kappa shape index (κ2) is 4.40. The number of aryl methyl sites for hydroxylation is 2. The molecule has 1 aliphatic rings. The number of hydrogen-bond acceptors (Lipinski definition) is 4. The molecule has 96 valence electrons. The number of β-amino-alcohol motifs (C(OH)–C–C–N with tert-alkyl or cyclic N) is 1. The van der Waals surface area contributed by atoms with E-state index < -0.39 is 16.1 Å². The summed E-state index contributed by atoms with van der Waals surface area (Å²) < 4.78 is 27.5. The summed E-state index contributed by atoms with van der Waals surface area (Å²) in [4.78, 5) is 4.07. The summed E-state index contributed by atoms with van der Waals surface area (Å²) >= 11 is 0. The van der Waals surface area contributed by atoms with Crippen molar-refractivity contribution >= 4 is 10.0 Å². The van der Waals surface area contributed by atoms with Crippen molar-refractivity contribution in [2.24, 2.45) is 0 Å². The molecule has 7 heteroatoms. The van der Waals surface area contributed by atoms with Gasteiger partial charge in [-0.15, -0.1) is 0 Å². The highest BCUT2D eigenvalue weighted by Crippen LogP contribution is 2.20. The number of aliphatic hydroxyl groups is 1. The van der Waals surface area contributed by atoms with E-state index in [4.69, 9.17) is 0 Å². The van der Waals surface area contributed by atoms with Crippen molar-refractivity contribution in [3.8, 4) is 0 Å². The third-order valence-corrected chi connectivity index (χ3v) is 4.76. The van der Waals surface area contributed by atoms with E-state index in [0.29, 0.717) is 25.3 Å². The first-order chi connectivity index (χ1) is 7.95. The number of imidazole rings is 1. The minimum Gasteiger partial charge on any atom is -0.392 e. The largest absolute Gasteiger partial charge is 0.392 e. The van der Waals surface area contributed by atoms with Crippen LogP contribution in [0.2, 0.25) is 0 Å². The molecule has 0 aliphatic carbocycles. The Morgan fingerprint density at radius 3 is 2.76 bits per heavy atom. The molecule has 0 saturated carbocycles. The van der Waals surface area contributed by atoms with Crippen LogP contribution in [-0.4, -0.2) is 46.6 Å². The van der Waals surface area contributed by atoms with Crippen molar-refractivity contribution in [2.75, 3.05) is 13.1 Å². The first-order valence-electron chi connectivity index (χ1n) is 5.67. The van der Waals surface area contributed by atoms with E-state index in [1.165, 1.54) is 4.31 Å². The number of aromatic nitrogens is 2. The normalized spacial score (nSPS) is 22.2. The second-order valence-electron chi connectivity index (χ2n) is 4.22. The molecule has 2 rings (SSSR count). The quantitative estimate of drug-likeness (QED) is 0.827. The van der Waals surface area contributed by atoms with Gasteiger partial charge in [-0.05, 0) is 20.3 Å². The van der Waals surface area contributed by atoms with Crippen LogP contribution < -0.4 is 0 Å². The lowest BCUT2D eigenvalue weighted by molar-refractivity contribution is 0.189. The molecule has 1 aromatic rings. The minimum absolute atomic E-state index is 0.0750. The van der Waals surface area contributed by atoms with E-state index in [0.717, 1.165) is 0 Å². The Hall–Kier alpha value is -0.920. The molecule has 0 bridgehead atoms. The SMILES string of the molecule is CCn1cc(S(=O)(=O)N2CC[C@H](O)C2)nc1C. The smallest absolute Gasteiger partial charge is 0.262 e.